The molecule has 14 heavy (non-hydrogen) atoms. The first kappa shape index (κ1) is 9.97. The fraction of sp³-hybridized carbons (Fsp3) is 0.909. The zero-order valence-corrected chi connectivity index (χ0v) is 8.79. The van der Waals surface area contributed by atoms with Gasteiger partial charge in [-0.15, -0.1) is 0 Å². The third kappa shape index (κ3) is 2.27. The lowest BCUT2D eigenvalue weighted by atomic mass is 9.93. The van der Waals surface area contributed by atoms with Gasteiger partial charge in [-0.1, -0.05) is 19.8 Å². The van der Waals surface area contributed by atoms with E-state index in [1.54, 1.807) is 0 Å². The molecule has 2 fully saturated rings. The first-order valence-electron chi connectivity index (χ1n) is 5.77. The van der Waals surface area contributed by atoms with Crippen LogP contribution in [0.1, 0.15) is 45.4 Å². The molecule has 0 aromatic carbocycles. The second-order valence-corrected chi connectivity index (χ2v) is 4.37. The standard InChI is InChI=1S/C11H19NO2/c1-2-3-7-9-10(14-9)11(13)12-8-5-4-6-8/h8-10H,2-7H2,1H3,(H,12,13)/t9-,10+/m1/s1. The molecule has 3 heteroatoms. The van der Waals surface area contributed by atoms with Crippen molar-refractivity contribution < 1.29 is 9.53 Å². The van der Waals surface area contributed by atoms with Crippen molar-refractivity contribution in [2.75, 3.05) is 0 Å². The summed E-state index contributed by atoms with van der Waals surface area (Å²) in [5.41, 5.74) is 0. The summed E-state index contributed by atoms with van der Waals surface area (Å²) in [6, 6.07) is 0.443. The molecular weight excluding hydrogens is 178 g/mol. The van der Waals surface area contributed by atoms with Gasteiger partial charge in [-0.2, -0.15) is 0 Å². The van der Waals surface area contributed by atoms with Gasteiger partial charge in [-0.25, -0.2) is 0 Å². The SMILES string of the molecule is CCCC[C@H]1O[C@@H]1C(=O)NC1CCC1. The van der Waals surface area contributed by atoms with E-state index in [1.165, 1.54) is 12.8 Å². The van der Waals surface area contributed by atoms with E-state index < -0.39 is 0 Å². The number of amides is 1. The molecule has 2 aliphatic rings. The molecule has 0 aromatic heterocycles. The largest absolute Gasteiger partial charge is 0.359 e. The van der Waals surface area contributed by atoms with Crippen molar-refractivity contribution in [1.29, 1.82) is 0 Å². The Labute approximate surface area is 85.2 Å². The molecule has 1 aliphatic heterocycles. The van der Waals surface area contributed by atoms with Crippen molar-refractivity contribution in [3.8, 4) is 0 Å². The lowest BCUT2D eigenvalue weighted by Gasteiger charge is -2.25. The second kappa shape index (κ2) is 4.30. The predicted molar refractivity (Wildman–Crippen MR) is 54.0 cm³/mol. The highest BCUT2D eigenvalue weighted by Crippen LogP contribution is 2.28. The van der Waals surface area contributed by atoms with Crippen LogP contribution in [0.2, 0.25) is 0 Å². The molecule has 2 atom stereocenters. The Kier molecular flexibility index (Phi) is 3.06. The van der Waals surface area contributed by atoms with Crippen LogP contribution in [0.15, 0.2) is 0 Å². The van der Waals surface area contributed by atoms with Gasteiger partial charge in [0.2, 0.25) is 0 Å². The molecule has 1 amide bonds. The smallest absolute Gasteiger partial charge is 0.252 e. The molecule has 0 unspecified atom stereocenters. The Bertz CT molecular complexity index is 213. The Morgan fingerprint density at radius 2 is 2.29 bits per heavy atom. The van der Waals surface area contributed by atoms with Crippen molar-refractivity contribution in [1.82, 2.24) is 5.32 Å². The topological polar surface area (TPSA) is 41.6 Å². The van der Waals surface area contributed by atoms with Crippen LogP contribution in [0.5, 0.6) is 0 Å². The van der Waals surface area contributed by atoms with Crippen LogP contribution < -0.4 is 5.32 Å². The summed E-state index contributed by atoms with van der Waals surface area (Å²) in [6.45, 7) is 2.16. The number of ether oxygens (including phenoxy) is 1. The molecule has 0 bridgehead atoms. The van der Waals surface area contributed by atoms with Crippen LogP contribution in [0, 0.1) is 0 Å². The molecule has 3 nitrogen and oxygen atoms in total. The van der Waals surface area contributed by atoms with E-state index in [0.717, 1.165) is 25.7 Å². The zero-order valence-electron chi connectivity index (χ0n) is 8.79. The van der Waals surface area contributed by atoms with E-state index >= 15 is 0 Å². The summed E-state index contributed by atoms with van der Waals surface area (Å²) >= 11 is 0. The number of unbranched alkanes of at least 4 members (excludes halogenated alkanes) is 1. The van der Waals surface area contributed by atoms with Crippen molar-refractivity contribution in [3.05, 3.63) is 0 Å². The summed E-state index contributed by atoms with van der Waals surface area (Å²) in [5.74, 6) is 0.121. The van der Waals surface area contributed by atoms with E-state index in [9.17, 15) is 4.79 Å². The molecule has 0 radical (unpaired) electrons. The van der Waals surface area contributed by atoms with Crippen molar-refractivity contribution >= 4 is 5.91 Å². The van der Waals surface area contributed by atoms with Gasteiger partial charge in [0, 0.05) is 6.04 Å². The summed E-state index contributed by atoms with van der Waals surface area (Å²) in [6.07, 6.45) is 7.04. The van der Waals surface area contributed by atoms with Crippen LogP contribution in [-0.4, -0.2) is 24.2 Å². The maximum absolute atomic E-state index is 11.5. The third-order valence-electron chi connectivity index (χ3n) is 3.13. The Morgan fingerprint density at radius 3 is 2.86 bits per heavy atom. The van der Waals surface area contributed by atoms with E-state index in [-0.39, 0.29) is 18.1 Å². The van der Waals surface area contributed by atoms with Gasteiger partial charge < -0.3 is 10.1 Å². The van der Waals surface area contributed by atoms with Gasteiger partial charge in [0.1, 0.15) is 0 Å². The van der Waals surface area contributed by atoms with Crippen LogP contribution in [0.3, 0.4) is 0 Å². The molecule has 2 rings (SSSR count). The summed E-state index contributed by atoms with van der Waals surface area (Å²) in [5, 5.41) is 3.02. The Morgan fingerprint density at radius 1 is 1.50 bits per heavy atom. The maximum Gasteiger partial charge on any atom is 0.252 e. The van der Waals surface area contributed by atoms with Crippen LogP contribution in [0.4, 0.5) is 0 Å². The quantitative estimate of drug-likeness (QED) is 0.680. The molecule has 1 saturated heterocycles. The lowest BCUT2D eigenvalue weighted by Crippen LogP contribution is -2.42. The summed E-state index contributed by atoms with van der Waals surface area (Å²) < 4.78 is 5.34. The first-order valence-corrected chi connectivity index (χ1v) is 5.77. The lowest BCUT2D eigenvalue weighted by molar-refractivity contribution is -0.123. The average Bonchev–Trinajstić information content (AvgIpc) is 2.87. The number of rotatable bonds is 5. The highest BCUT2D eigenvalue weighted by molar-refractivity contribution is 5.84. The zero-order chi connectivity index (χ0) is 9.97. The van der Waals surface area contributed by atoms with Gasteiger partial charge in [0.05, 0.1) is 6.10 Å². The van der Waals surface area contributed by atoms with Gasteiger partial charge >= 0.3 is 0 Å². The number of hydrogen-bond donors (Lipinski definition) is 1. The predicted octanol–water partition coefficient (Wildman–Crippen LogP) is 1.61. The van der Waals surface area contributed by atoms with E-state index in [1.807, 2.05) is 0 Å². The van der Waals surface area contributed by atoms with Crippen molar-refractivity contribution in [3.63, 3.8) is 0 Å². The monoisotopic (exact) mass is 197 g/mol. The molecule has 0 spiro atoms. The molecule has 1 N–H and O–H groups in total. The summed E-state index contributed by atoms with van der Waals surface area (Å²) in [7, 11) is 0. The normalized spacial score (nSPS) is 30.9. The number of hydrogen-bond acceptors (Lipinski definition) is 2. The maximum atomic E-state index is 11.5. The van der Waals surface area contributed by atoms with Crippen LogP contribution >= 0.6 is 0 Å². The second-order valence-electron chi connectivity index (χ2n) is 4.37. The van der Waals surface area contributed by atoms with E-state index in [2.05, 4.69) is 12.2 Å². The molecule has 1 aliphatic carbocycles. The number of nitrogens with one attached hydrogen (secondary N) is 1. The molecule has 0 aromatic rings. The Balaban J connectivity index is 1.62. The van der Waals surface area contributed by atoms with Crippen LogP contribution in [-0.2, 0) is 9.53 Å². The summed E-state index contributed by atoms with van der Waals surface area (Å²) in [4.78, 5) is 11.5. The van der Waals surface area contributed by atoms with Crippen molar-refractivity contribution in [2.24, 2.45) is 0 Å². The van der Waals surface area contributed by atoms with Crippen molar-refractivity contribution in [2.45, 2.75) is 63.7 Å². The minimum Gasteiger partial charge on any atom is -0.359 e. The highest BCUT2D eigenvalue weighted by Gasteiger charge is 2.44. The fourth-order valence-electron chi connectivity index (χ4n) is 1.83. The average molecular weight is 197 g/mol. The minimum absolute atomic E-state index is 0.121. The fourth-order valence-corrected chi connectivity index (χ4v) is 1.83. The molecule has 80 valence electrons. The number of carbonyl (C=O) groups is 1. The number of epoxide rings is 1. The minimum atomic E-state index is -0.123. The first-order chi connectivity index (χ1) is 6.81. The van der Waals surface area contributed by atoms with Gasteiger partial charge in [-0.05, 0) is 25.7 Å². The molecular formula is C11H19NO2. The number of carbonyl (C=O) groups excluding carboxylic acids is 1. The van der Waals surface area contributed by atoms with Gasteiger partial charge in [0.15, 0.2) is 6.10 Å². The van der Waals surface area contributed by atoms with Gasteiger partial charge in [-0.3, -0.25) is 4.79 Å². The molecule has 1 saturated carbocycles. The third-order valence-corrected chi connectivity index (χ3v) is 3.13. The van der Waals surface area contributed by atoms with Gasteiger partial charge in [0.25, 0.3) is 5.91 Å². The highest BCUT2D eigenvalue weighted by atomic mass is 16.6. The molecule has 1 heterocycles. The van der Waals surface area contributed by atoms with E-state index in [0.29, 0.717) is 6.04 Å². The van der Waals surface area contributed by atoms with E-state index in [4.69, 9.17) is 4.74 Å². The van der Waals surface area contributed by atoms with Crippen LogP contribution in [0.25, 0.3) is 0 Å². The Hall–Kier alpha value is -0.570.